The van der Waals surface area contributed by atoms with E-state index >= 15 is 0 Å². The summed E-state index contributed by atoms with van der Waals surface area (Å²) >= 11 is 0. The number of rotatable bonds is 10. The second-order valence-electron chi connectivity index (χ2n) is 7.54. The Morgan fingerprint density at radius 2 is 1.64 bits per heavy atom. The van der Waals surface area contributed by atoms with Gasteiger partial charge in [-0.1, -0.05) is 54.6 Å². The third-order valence-electron chi connectivity index (χ3n) is 5.23. The summed E-state index contributed by atoms with van der Waals surface area (Å²) in [6.45, 7) is 1.66. The Morgan fingerprint density at radius 3 is 2.36 bits per heavy atom. The minimum absolute atomic E-state index is 0.108. The Bertz CT molecular complexity index is 1180. The molecule has 1 heterocycles. The number of nitro groups is 1. The van der Waals surface area contributed by atoms with Gasteiger partial charge in [-0.15, -0.1) is 0 Å². The Kier molecular flexibility index (Phi) is 7.35. The van der Waals surface area contributed by atoms with Crippen molar-refractivity contribution in [1.29, 1.82) is 0 Å². The lowest BCUT2D eigenvalue weighted by Gasteiger charge is -2.11. The second-order valence-corrected chi connectivity index (χ2v) is 7.54. The first-order valence-electron chi connectivity index (χ1n) is 10.7. The molecule has 0 unspecified atom stereocenters. The van der Waals surface area contributed by atoms with Crippen molar-refractivity contribution >= 4 is 11.4 Å². The maximum Gasteiger partial charge on any atom is 0.269 e. The minimum atomic E-state index is -0.387. The molecule has 33 heavy (non-hydrogen) atoms. The highest BCUT2D eigenvalue weighted by Gasteiger charge is 2.08. The molecule has 0 aliphatic rings. The van der Waals surface area contributed by atoms with E-state index in [2.05, 4.69) is 15.3 Å². The third kappa shape index (κ3) is 6.21. The van der Waals surface area contributed by atoms with E-state index in [0.717, 1.165) is 46.6 Å². The van der Waals surface area contributed by atoms with E-state index in [1.165, 1.54) is 12.1 Å². The van der Waals surface area contributed by atoms with Crippen LogP contribution in [0.25, 0.3) is 11.1 Å². The van der Waals surface area contributed by atoms with E-state index in [-0.39, 0.29) is 10.6 Å². The van der Waals surface area contributed by atoms with Crippen LogP contribution in [0.15, 0.2) is 91.4 Å². The van der Waals surface area contributed by atoms with Gasteiger partial charge < -0.3 is 10.1 Å². The molecule has 0 radical (unpaired) electrons. The summed E-state index contributed by atoms with van der Waals surface area (Å²) in [5, 5.41) is 14.1. The molecule has 4 rings (SSSR count). The van der Waals surface area contributed by atoms with E-state index in [0.29, 0.717) is 13.2 Å². The smallest absolute Gasteiger partial charge is 0.269 e. The van der Waals surface area contributed by atoms with Crippen LogP contribution in [-0.4, -0.2) is 21.4 Å². The number of anilines is 1. The predicted octanol–water partition coefficient (Wildman–Crippen LogP) is 5.42. The summed E-state index contributed by atoms with van der Waals surface area (Å²) < 4.78 is 5.87. The third-order valence-corrected chi connectivity index (χ3v) is 5.23. The first-order valence-corrected chi connectivity index (χ1v) is 10.7. The minimum Gasteiger partial charge on any atom is -0.385 e. The Morgan fingerprint density at radius 1 is 0.879 bits per heavy atom. The molecule has 1 aromatic heterocycles. The maximum absolute atomic E-state index is 10.8. The Labute approximate surface area is 192 Å². The van der Waals surface area contributed by atoms with Gasteiger partial charge in [0, 0.05) is 36.1 Å². The van der Waals surface area contributed by atoms with Gasteiger partial charge in [-0.2, -0.15) is 0 Å². The van der Waals surface area contributed by atoms with Crippen LogP contribution < -0.4 is 5.32 Å². The average Bonchev–Trinajstić information content (AvgIpc) is 2.86. The number of hydrogen-bond acceptors (Lipinski definition) is 6. The fourth-order valence-electron chi connectivity index (χ4n) is 3.45. The molecule has 0 spiro atoms. The zero-order chi connectivity index (χ0) is 22.9. The SMILES string of the molecule is O=[N+]([O-])c1ccc(CCNc2ccc(-c3cncnc3COCc3ccccc3)cc2)cc1. The van der Waals surface area contributed by atoms with Crippen molar-refractivity contribution in [1.82, 2.24) is 9.97 Å². The van der Waals surface area contributed by atoms with Gasteiger partial charge in [-0.05, 0) is 35.2 Å². The van der Waals surface area contributed by atoms with E-state index < -0.39 is 0 Å². The molecule has 0 aliphatic carbocycles. The Balaban J connectivity index is 1.32. The van der Waals surface area contributed by atoms with Crippen molar-refractivity contribution in [3.8, 4) is 11.1 Å². The van der Waals surface area contributed by atoms with Crippen LogP contribution in [0, 0.1) is 10.1 Å². The second kappa shape index (κ2) is 11.0. The van der Waals surface area contributed by atoms with Gasteiger partial charge >= 0.3 is 0 Å². The molecule has 7 nitrogen and oxygen atoms in total. The van der Waals surface area contributed by atoms with Crippen LogP contribution in [0.4, 0.5) is 11.4 Å². The number of hydrogen-bond donors (Lipinski definition) is 1. The van der Waals surface area contributed by atoms with Gasteiger partial charge in [0.1, 0.15) is 6.33 Å². The number of benzene rings is 3. The van der Waals surface area contributed by atoms with Crippen molar-refractivity contribution in [2.45, 2.75) is 19.6 Å². The fourth-order valence-corrected chi connectivity index (χ4v) is 3.45. The summed E-state index contributed by atoms with van der Waals surface area (Å²) in [6, 6.07) is 24.8. The van der Waals surface area contributed by atoms with Gasteiger partial charge in [0.25, 0.3) is 5.69 Å². The summed E-state index contributed by atoms with van der Waals surface area (Å²) in [5.41, 5.74) is 6.10. The zero-order valence-corrected chi connectivity index (χ0v) is 18.1. The van der Waals surface area contributed by atoms with Gasteiger partial charge in [-0.25, -0.2) is 9.97 Å². The molecule has 4 aromatic rings. The van der Waals surface area contributed by atoms with Gasteiger partial charge in [0.05, 0.1) is 23.8 Å². The number of nitrogens with zero attached hydrogens (tertiary/aromatic N) is 3. The lowest BCUT2D eigenvalue weighted by atomic mass is 10.1. The quantitative estimate of drug-likeness (QED) is 0.261. The molecule has 0 saturated heterocycles. The lowest BCUT2D eigenvalue weighted by molar-refractivity contribution is -0.384. The van der Waals surface area contributed by atoms with Gasteiger partial charge in [0.15, 0.2) is 0 Å². The molecular formula is C26H24N4O3. The first kappa shape index (κ1) is 22.1. The number of aromatic nitrogens is 2. The lowest BCUT2D eigenvalue weighted by Crippen LogP contribution is -2.05. The van der Waals surface area contributed by atoms with E-state index in [1.54, 1.807) is 18.5 Å². The highest BCUT2D eigenvalue weighted by Crippen LogP contribution is 2.24. The molecule has 0 saturated carbocycles. The zero-order valence-electron chi connectivity index (χ0n) is 18.1. The number of nitro benzene ring substituents is 1. The largest absolute Gasteiger partial charge is 0.385 e. The van der Waals surface area contributed by atoms with Crippen molar-refractivity contribution in [3.63, 3.8) is 0 Å². The molecule has 166 valence electrons. The molecule has 0 amide bonds. The van der Waals surface area contributed by atoms with Crippen molar-refractivity contribution < 1.29 is 9.66 Å². The van der Waals surface area contributed by atoms with Gasteiger partial charge in [0.2, 0.25) is 0 Å². The van der Waals surface area contributed by atoms with E-state index in [1.807, 2.05) is 60.8 Å². The Hall–Kier alpha value is -4.10. The highest BCUT2D eigenvalue weighted by molar-refractivity contribution is 5.67. The van der Waals surface area contributed by atoms with Crippen molar-refractivity contribution in [3.05, 3.63) is 118 Å². The maximum atomic E-state index is 10.8. The summed E-state index contributed by atoms with van der Waals surface area (Å²) in [7, 11) is 0. The molecule has 0 bridgehead atoms. The molecule has 3 aromatic carbocycles. The van der Waals surface area contributed by atoms with Crippen LogP contribution in [0.1, 0.15) is 16.8 Å². The number of nitrogens with one attached hydrogen (secondary N) is 1. The van der Waals surface area contributed by atoms with E-state index in [4.69, 9.17) is 4.74 Å². The fraction of sp³-hybridized carbons (Fsp3) is 0.154. The summed E-state index contributed by atoms with van der Waals surface area (Å²) in [4.78, 5) is 19.0. The average molecular weight is 441 g/mol. The molecule has 1 N–H and O–H groups in total. The topological polar surface area (TPSA) is 90.2 Å². The molecule has 7 heteroatoms. The van der Waals surface area contributed by atoms with Crippen molar-refractivity contribution in [2.24, 2.45) is 0 Å². The molecule has 0 atom stereocenters. The normalized spacial score (nSPS) is 10.7. The molecule has 0 aliphatic heterocycles. The molecule has 0 fully saturated rings. The summed E-state index contributed by atoms with van der Waals surface area (Å²) in [6.07, 6.45) is 4.12. The van der Waals surface area contributed by atoms with E-state index in [9.17, 15) is 10.1 Å². The molecular weight excluding hydrogens is 416 g/mol. The summed E-state index contributed by atoms with van der Waals surface area (Å²) in [5.74, 6) is 0. The highest BCUT2D eigenvalue weighted by atomic mass is 16.6. The van der Waals surface area contributed by atoms with Gasteiger partial charge in [-0.3, -0.25) is 10.1 Å². The standard InChI is InChI=1S/C26H24N4O3/c31-30(32)24-12-6-20(7-13-24)14-15-28-23-10-8-22(9-11-23)25-16-27-19-29-26(25)18-33-17-21-4-2-1-3-5-21/h1-13,16,19,28H,14-15,17-18H2. The van der Waals surface area contributed by atoms with Crippen LogP contribution in [0.5, 0.6) is 0 Å². The van der Waals surface area contributed by atoms with Crippen LogP contribution >= 0.6 is 0 Å². The van der Waals surface area contributed by atoms with Crippen LogP contribution in [0.3, 0.4) is 0 Å². The first-order chi connectivity index (χ1) is 16.2. The van der Waals surface area contributed by atoms with Crippen LogP contribution in [-0.2, 0) is 24.4 Å². The predicted molar refractivity (Wildman–Crippen MR) is 128 cm³/mol. The number of ether oxygens (including phenoxy) is 1. The number of non-ortho nitro benzene ring substituents is 1. The monoisotopic (exact) mass is 440 g/mol. The van der Waals surface area contributed by atoms with Crippen molar-refractivity contribution in [2.75, 3.05) is 11.9 Å². The van der Waals surface area contributed by atoms with Crippen LogP contribution in [0.2, 0.25) is 0 Å².